The third-order valence-electron chi connectivity index (χ3n) is 4.23. The number of Topliss-reactive ketones (excluding diaryl/α,β-unsaturated/α-hetero) is 1. The van der Waals surface area contributed by atoms with Gasteiger partial charge >= 0.3 is 0 Å². The first kappa shape index (κ1) is 12.8. The average Bonchev–Trinajstić information content (AvgIpc) is 2.98. The minimum atomic E-state index is -0.357. The van der Waals surface area contributed by atoms with Crippen molar-refractivity contribution in [3.05, 3.63) is 0 Å². The van der Waals surface area contributed by atoms with Crippen molar-refractivity contribution in [1.82, 2.24) is 0 Å². The Morgan fingerprint density at radius 3 is 1.88 bits per heavy atom. The van der Waals surface area contributed by atoms with Crippen LogP contribution in [0.25, 0.3) is 0 Å². The molecule has 1 saturated carbocycles. The Bertz CT molecular complexity index is 308. The zero-order valence-corrected chi connectivity index (χ0v) is 11.1. The fourth-order valence-electron chi connectivity index (χ4n) is 2.82. The van der Waals surface area contributed by atoms with E-state index in [-0.39, 0.29) is 5.54 Å². The van der Waals surface area contributed by atoms with Crippen LogP contribution in [-0.2, 0) is 4.79 Å². The maximum absolute atomic E-state index is 12.0. The molecular formula is C15H25NO. The Balaban J connectivity index is 1.81. The standard InChI is InChI=1S/C15H25NO/c1-15-13(16-15)11-9-7-5-3-2-4-6-8-10-12-14(15)17/h2-12H2,1H3. The van der Waals surface area contributed by atoms with Crippen molar-refractivity contribution < 1.29 is 4.79 Å². The highest BCUT2D eigenvalue weighted by Crippen LogP contribution is 2.33. The minimum absolute atomic E-state index is 0.357. The summed E-state index contributed by atoms with van der Waals surface area (Å²) in [6.07, 6.45) is 13.4. The lowest BCUT2D eigenvalue weighted by molar-refractivity contribution is -0.120. The van der Waals surface area contributed by atoms with Gasteiger partial charge in [0.15, 0.2) is 11.3 Å². The fraction of sp³-hybridized carbons (Fsp3) is 0.867. The molecule has 17 heavy (non-hydrogen) atoms. The third kappa shape index (κ3) is 3.40. The van der Waals surface area contributed by atoms with Gasteiger partial charge in [-0.1, -0.05) is 44.9 Å². The maximum atomic E-state index is 12.0. The molecule has 2 aliphatic rings. The number of hydrogen-bond acceptors (Lipinski definition) is 2. The molecule has 0 bridgehead atoms. The second kappa shape index (κ2) is 5.79. The predicted octanol–water partition coefficient (Wildman–Crippen LogP) is 4.07. The second-order valence-electron chi connectivity index (χ2n) is 5.74. The van der Waals surface area contributed by atoms with E-state index in [0.29, 0.717) is 5.78 Å². The van der Waals surface area contributed by atoms with Gasteiger partial charge in [-0.3, -0.25) is 9.79 Å². The number of aliphatic imine (C=N–C) groups is 1. The van der Waals surface area contributed by atoms with Gasteiger partial charge < -0.3 is 0 Å². The van der Waals surface area contributed by atoms with Gasteiger partial charge in [0, 0.05) is 12.1 Å². The molecule has 2 rings (SSSR count). The van der Waals surface area contributed by atoms with Crippen LogP contribution in [0.4, 0.5) is 0 Å². The molecule has 0 saturated heterocycles. The van der Waals surface area contributed by atoms with Crippen LogP contribution in [0.5, 0.6) is 0 Å². The summed E-state index contributed by atoms with van der Waals surface area (Å²) < 4.78 is 0. The number of fused-ring (bicyclic) bond motifs is 1. The Labute approximate surface area is 105 Å². The smallest absolute Gasteiger partial charge is 0.165 e. The van der Waals surface area contributed by atoms with Gasteiger partial charge in [-0.05, 0) is 26.2 Å². The molecule has 0 aromatic rings. The molecule has 0 aromatic heterocycles. The molecule has 0 spiro atoms. The van der Waals surface area contributed by atoms with Crippen molar-refractivity contribution in [3.63, 3.8) is 0 Å². The van der Waals surface area contributed by atoms with Crippen molar-refractivity contribution in [3.8, 4) is 0 Å². The molecule has 0 aromatic carbocycles. The Hall–Kier alpha value is -0.660. The largest absolute Gasteiger partial charge is 0.297 e. The van der Waals surface area contributed by atoms with Crippen LogP contribution in [0.2, 0.25) is 0 Å². The van der Waals surface area contributed by atoms with Crippen LogP contribution in [0.3, 0.4) is 0 Å². The van der Waals surface area contributed by atoms with Crippen LogP contribution >= 0.6 is 0 Å². The number of carbonyl (C=O) groups excluding carboxylic acids is 1. The van der Waals surface area contributed by atoms with E-state index in [1.807, 2.05) is 6.92 Å². The summed E-state index contributed by atoms with van der Waals surface area (Å²) in [5.74, 6) is 0.365. The molecule has 0 amide bonds. The van der Waals surface area contributed by atoms with E-state index in [2.05, 4.69) is 4.99 Å². The maximum Gasteiger partial charge on any atom is 0.165 e. The monoisotopic (exact) mass is 235 g/mol. The van der Waals surface area contributed by atoms with Gasteiger partial charge in [-0.25, -0.2) is 0 Å². The third-order valence-corrected chi connectivity index (χ3v) is 4.23. The SMILES string of the molecule is CC12N=C1CCCCCCCCCCCC2=O. The normalized spacial score (nSPS) is 32.3. The van der Waals surface area contributed by atoms with Crippen molar-refractivity contribution in [2.75, 3.05) is 0 Å². The first-order chi connectivity index (χ1) is 8.23. The van der Waals surface area contributed by atoms with Gasteiger partial charge in [0.2, 0.25) is 0 Å². The molecule has 1 atom stereocenters. The Morgan fingerprint density at radius 1 is 0.824 bits per heavy atom. The van der Waals surface area contributed by atoms with Gasteiger partial charge in [-0.15, -0.1) is 0 Å². The first-order valence-corrected chi connectivity index (χ1v) is 7.36. The number of ketones is 1. The van der Waals surface area contributed by atoms with E-state index >= 15 is 0 Å². The zero-order chi connectivity index (χ0) is 12.1. The molecule has 0 radical (unpaired) electrons. The summed E-state index contributed by atoms with van der Waals surface area (Å²) in [6, 6.07) is 0. The Kier molecular flexibility index (Phi) is 4.36. The lowest BCUT2D eigenvalue weighted by atomic mass is 9.92. The quantitative estimate of drug-likeness (QED) is 0.622. The molecule has 96 valence electrons. The topological polar surface area (TPSA) is 29.4 Å². The van der Waals surface area contributed by atoms with Gasteiger partial charge in [0.05, 0.1) is 0 Å². The molecule has 1 fully saturated rings. The van der Waals surface area contributed by atoms with E-state index in [0.717, 1.165) is 19.3 Å². The first-order valence-electron chi connectivity index (χ1n) is 7.36. The lowest BCUT2D eigenvalue weighted by Gasteiger charge is -2.09. The minimum Gasteiger partial charge on any atom is -0.297 e. The zero-order valence-electron chi connectivity index (χ0n) is 11.1. The summed E-state index contributed by atoms with van der Waals surface area (Å²) in [5, 5.41) is 0. The van der Waals surface area contributed by atoms with Crippen molar-refractivity contribution in [1.29, 1.82) is 0 Å². The van der Waals surface area contributed by atoms with E-state index in [1.165, 1.54) is 57.1 Å². The fourth-order valence-corrected chi connectivity index (χ4v) is 2.82. The van der Waals surface area contributed by atoms with Crippen LogP contribution in [0, 0.1) is 0 Å². The van der Waals surface area contributed by atoms with E-state index < -0.39 is 0 Å². The molecule has 2 heteroatoms. The summed E-state index contributed by atoms with van der Waals surface area (Å²) in [7, 11) is 0. The number of rotatable bonds is 0. The molecule has 0 N–H and O–H groups in total. The Morgan fingerprint density at radius 2 is 1.29 bits per heavy atom. The van der Waals surface area contributed by atoms with Crippen molar-refractivity contribution >= 4 is 11.5 Å². The molecule has 2 nitrogen and oxygen atoms in total. The van der Waals surface area contributed by atoms with Gasteiger partial charge in [-0.2, -0.15) is 0 Å². The van der Waals surface area contributed by atoms with Crippen LogP contribution in [0.1, 0.15) is 77.6 Å². The highest BCUT2D eigenvalue weighted by atomic mass is 16.1. The van der Waals surface area contributed by atoms with Crippen LogP contribution in [0.15, 0.2) is 4.99 Å². The van der Waals surface area contributed by atoms with Gasteiger partial charge in [0.1, 0.15) is 0 Å². The highest BCUT2D eigenvalue weighted by molar-refractivity contribution is 6.23. The number of nitrogens with zero attached hydrogens (tertiary/aromatic N) is 1. The number of carbonyl (C=O) groups is 1. The van der Waals surface area contributed by atoms with Gasteiger partial charge in [0.25, 0.3) is 0 Å². The van der Waals surface area contributed by atoms with E-state index in [9.17, 15) is 4.79 Å². The molecule has 1 aliphatic heterocycles. The average molecular weight is 235 g/mol. The van der Waals surface area contributed by atoms with Crippen molar-refractivity contribution in [2.24, 2.45) is 4.99 Å². The second-order valence-corrected chi connectivity index (χ2v) is 5.74. The summed E-state index contributed by atoms with van der Waals surface area (Å²) >= 11 is 0. The molecular weight excluding hydrogens is 210 g/mol. The summed E-state index contributed by atoms with van der Waals surface area (Å²) in [4.78, 5) is 16.5. The summed E-state index contributed by atoms with van der Waals surface area (Å²) in [5.41, 5.74) is 0.823. The number of hydrogen-bond donors (Lipinski definition) is 0. The summed E-state index contributed by atoms with van der Waals surface area (Å²) in [6.45, 7) is 2.01. The van der Waals surface area contributed by atoms with Crippen LogP contribution in [-0.4, -0.2) is 17.0 Å². The van der Waals surface area contributed by atoms with Crippen molar-refractivity contribution in [2.45, 2.75) is 83.1 Å². The predicted molar refractivity (Wildman–Crippen MR) is 71.6 cm³/mol. The van der Waals surface area contributed by atoms with Crippen LogP contribution < -0.4 is 0 Å². The lowest BCUT2D eigenvalue weighted by Crippen LogP contribution is -2.26. The van der Waals surface area contributed by atoms with E-state index in [1.54, 1.807) is 0 Å². The molecule has 1 heterocycles. The molecule has 1 unspecified atom stereocenters. The van der Waals surface area contributed by atoms with E-state index in [4.69, 9.17) is 0 Å². The highest BCUT2D eigenvalue weighted by Gasteiger charge is 2.47. The molecule has 1 aliphatic carbocycles.